The summed E-state index contributed by atoms with van der Waals surface area (Å²) >= 11 is 5.75. The molecule has 0 radical (unpaired) electrons. The maximum absolute atomic E-state index is 11.9. The van der Waals surface area contributed by atoms with Gasteiger partial charge in [-0.2, -0.15) is 0 Å². The first-order valence-corrected chi connectivity index (χ1v) is 8.25. The molecule has 1 fully saturated rings. The van der Waals surface area contributed by atoms with Crippen LogP contribution in [0.2, 0.25) is 5.02 Å². The highest BCUT2D eigenvalue weighted by Crippen LogP contribution is 2.12. The Morgan fingerprint density at radius 3 is 2.62 bits per heavy atom. The van der Waals surface area contributed by atoms with Crippen LogP contribution < -0.4 is 5.32 Å². The summed E-state index contributed by atoms with van der Waals surface area (Å²) in [6, 6.07) is 6.44. The van der Waals surface area contributed by atoms with Crippen LogP contribution in [0.15, 0.2) is 24.3 Å². The SMILES string of the molecule is O=C(COC(=O)CCC(=O)c1ccc(Cl)cc1)NC[C@H]1CCCO1. The van der Waals surface area contributed by atoms with Gasteiger partial charge < -0.3 is 14.8 Å². The van der Waals surface area contributed by atoms with Gasteiger partial charge in [0, 0.05) is 30.2 Å². The molecule has 130 valence electrons. The minimum atomic E-state index is -0.579. The average Bonchev–Trinajstić information content (AvgIpc) is 3.10. The van der Waals surface area contributed by atoms with Crippen molar-refractivity contribution >= 4 is 29.3 Å². The van der Waals surface area contributed by atoms with Gasteiger partial charge in [0.25, 0.3) is 5.91 Å². The molecule has 1 aromatic carbocycles. The zero-order chi connectivity index (χ0) is 17.4. The number of benzene rings is 1. The fraction of sp³-hybridized carbons (Fsp3) is 0.471. The van der Waals surface area contributed by atoms with Crippen molar-refractivity contribution in [2.75, 3.05) is 19.8 Å². The van der Waals surface area contributed by atoms with E-state index in [9.17, 15) is 14.4 Å². The lowest BCUT2D eigenvalue weighted by Crippen LogP contribution is -2.34. The second-order valence-corrected chi connectivity index (χ2v) is 5.97. The Morgan fingerprint density at radius 1 is 1.21 bits per heavy atom. The largest absolute Gasteiger partial charge is 0.456 e. The highest BCUT2D eigenvalue weighted by molar-refractivity contribution is 6.30. The van der Waals surface area contributed by atoms with Crippen molar-refractivity contribution in [2.24, 2.45) is 0 Å². The van der Waals surface area contributed by atoms with E-state index in [4.69, 9.17) is 21.1 Å². The fourth-order valence-electron chi connectivity index (χ4n) is 2.30. The van der Waals surface area contributed by atoms with E-state index in [2.05, 4.69) is 5.32 Å². The van der Waals surface area contributed by atoms with Gasteiger partial charge in [-0.25, -0.2) is 0 Å². The minimum absolute atomic E-state index is 0.0258. The first-order valence-electron chi connectivity index (χ1n) is 7.87. The molecule has 1 heterocycles. The highest BCUT2D eigenvalue weighted by atomic mass is 35.5. The smallest absolute Gasteiger partial charge is 0.306 e. The van der Waals surface area contributed by atoms with Crippen LogP contribution >= 0.6 is 11.6 Å². The topological polar surface area (TPSA) is 81.7 Å². The average molecular weight is 354 g/mol. The van der Waals surface area contributed by atoms with Crippen LogP contribution in [0, 0.1) is 0 Å². The third-order valence-corrected chi connectivity index (χ3v) is 3.89. The quantitative estimate of drug-likeness (QED) is 0.572. The minimum Gasteiger partial charge on any atom is -0.456 e. The summed E-state index contributed by atoms with van der Waals surface area (Å²) in [7, 11) is 0. The van der Waals surface area contributed by atoms with Crippen LogP contribution in [0.5, 0.6) is 0 Å². The number of ether oxygens (including phenoxy) is 2. The molecule has 0 unspecified atom stereocenters. The number of hydrogen-bond acceptors (Lipinski definition) is 5. The molecule has 7 heteroatoms. The van der Waals surface area contributed by atoms with Crippen molar-refractivity contribution in [3.8, 4) is 0 Å². The predicted octanol–water partition coefficient (Wildman–Crippen LogP) is 2.14. The normalized spacial score (nSPS) is 16.6. The Bertz CT molecular complexity index is 581. The molecule has 0 saturated carbocycles. The van der Waals surface area contributed by atoms with Gasteiger partial charge in [0.05, 0.1) is 12.5 Å². The van der Waals surface area contributed by atoms with Gasteiger partial charge in [-0.15, -0.1) is 0 Å². The van der Waals surface area contributed by atoms with E-state index < -0.39 is 5.97 Å². The number of nitrogens with one attached hydrogen (secondary N) is 1. The van der Waals surface area contributed by atoms with Gasteiger partial charge in [0.15, 0.2) is 12.4 Å². The van der Waals surface area contributed by atoms with Crippen molar-refractivity contribution in [3.05, 3.63) is 34.9 Å². The first-order chi connectivity index (χ1) is 11.5. The number of amides is 1. The van der Waals surface area contributed by atoms with E-state index in [0.717, 1.165) is 19.4 Å². The molecule has 6 nitrogen and oxygen atoms in total. The lowest BCUT2D eigenvalue weighted by molar-refractivity contribution is -0.148. The number of esters is 1. The number of rotatable bonds is 8. The fourth-order valence-corrected chi connectivity index (χ4v) is 2.42. The number of Topliss-reactive ketones (excluding diaryl/α,β-unsaturated/α-hetero) is 1. The molecule has 1 aliphatic rings. The lowest BCUT2D eigenvalue weighted by Gasteiger charge is -2.10. The van der Waals surface area contributed by atoms with Crippen molar-refractivity contribution in [1.29, 1.82) is 0 Å². The maximum Gasteiger partial charge on any atom is 0.306 e. The van der Waals surface area contributed by atoms with E-state index in [1.165, 1.54) is 0 Å². The van der Waals surface area contributed by atoms with Crippen molar-refractivity contribution in [1.82, 2.24) is 5.32 Å². The molecule has 1 amide bonds. The third-order valence-electron chi connectivity index (χ3n) is 3.64. The van der Waals surface area contributed by atoms with E-state index >= 15 is 0 Å². The van der Waals surface area contributed by atoms with Crippen LogP contribution in [-0.4, -0.2) is 43.5 Å². The van der Waals surface area contributed by atoms with Crippen LogP contribution in [0.3, 0.4) is 0 Å². The summed E-state index contributed by atoms with van der Waals surface area (Å²) in [5.74, 6) is -1.13. The monoisotopic (exact) mass is 353 g/mol. The zero-order valence-corrected chi connectivity index (χ0v) is 14.0. The number of hydrogen-bond donors (Lipinski definition) is 1. The zero-order valence-electron chi connectivity index (χ0n) is 13.3. The molecule has 1 N–H and O–H groups in total. The lowest BCUT2D eigenvalue weighted by atomic mass is 10.1. The molecule has 24 heavy (non-hydrogen) atoms. The van der Waals surface area contributed by atoms with E-state index in [1.54, 1.807) is 24.3 Å². The molecule has 0 bridgehead atoms. The molecule has 0 aliphatic carbocycles. The molecule has 1 saturated heterocycles. The third kappa shape index (κ3) is 6.29. The number of carbonyl (C=O) groups excluding carboxylic acids is 3. The molecular formula is C17H20ClNO5. The maximum atomic E-state index is 11.9. The highest BCUT2D eigenvalue weighted by Gasteiger charge is 2.17. The van der Waals surface area contributed by atoms with E-state index in [0.29, 0.717) is 17.1 Å². The van der Waals surface area contributed by atoms with Gasteiger partial charge in [0.1, 0.15) is 0 Å². The Hall–Kier alpha value is -1.92. The van der Waals surface area contributed by atoms with Crippen LogP contribution in [-0.2, 0) is 19.1 Å². The Balaban J connectivity index is 1.61. The van der Waals surface area contributed by atoms with E-state index in [1.807, 2.05) is 0 Å². The Labute approximate surface area is 145 Å². The Morgan fingerprint density at radius 2 is 1.96 bits per heavy atom. The summed E-state index contributed by atoms with van der Waals surface area (Å²) in [5.41, 5.74) is 0.488. The summed E-state index contributed by atoms with van der Waals surface area (Å²) in [4.78, 5) is 35.1. The number of carbonyl (C=O) groups is 3. The van der Waals surface area contributed by atoms with E-state index in [-0.39, 0.29) is 37.2 Å². The van der Waals surface area contributed by atoms with Crippen molar-refractivity contribution < 1.29 is 23.9 Å². The molecule has 1 aromatic rings. The molecule has 0 aromatic heterocycles. The second kappa shape index (κ2) is 9.39. The molecule has 1 atom stereocenters. The summed E-state index contributed by atoms with van der Waals surface area (Å²) in [6.07, 6.45) is 1.92. The molecule has 0 spiro atoms. The second-order valence-electron chi connectivity index (χ2n) is 5.53. The van der Waals surface area contributed by atoms with Crippen LogP contribution in [0.25, 0.3) is 0 Å². The summed E-state index contributed by atoms with van der Waals surface area (Å²) < 4.78 is 10.2. The van der Waals surface area contributed by atoms with Gasteiger partial charge >= 0.3 is 5.97 Å². The van der Waals surface area contributed by atoms with Gasteiger partial charge in [-0.05, 0) is 37.1 Å². The summed E-state index contributed by atoms with van der Waals surface area (Å²) in [5, 5.41) is 3.20. The van der Waals surface area contributed by atoms with Crippen molar-refractivity contribution in [3.63, 3.8) is 0 Å². The van der Waals surface area contributed by atoms with Gasteiger partial charge in [0.2, 0.25) is 0 Å². The first kappa shape index (κ1) is 18.4. The van der Waals surface area contributed by atoms with Crippen LogP contribution in [0.4, 0.5) is 0 Å². The molecule has 2 rings (SSSR count). The number of halogens is 1. The van der Waals surface area contributed by atoms with Gasteiger partial charge in [-0.1, -0.05) is 11.6 Å². The van der Waals surface area contributed by atoms with Gasteiger partial charge in [-0.3, -0.25) is 14.4 Å². The molecular weight excluding hydrogens is 334 g/mol. The number of ketones is 1. The predicted molar refractivity (Wildman–Crippen MR) is 88.0 cm³/mol. The summed E-state index contributed by atoms with van der Waals surface area (Å²) in [6.45, 7) is 0.795. The Kier molecular flexibility index (Phi) is 7.21. The standard InChI is InChI=1S/C17H20ClNO5/c18-13-5-3-12(4-6-13)15(20)7-8-17(22)24-11-16(21)19-10-14-2-1-9-23-14/h3-6,14H,1-2,7-11H2,(H,19,21)/t14-/m1/s1. The van der Waals surface area contributed by atoms with Crippen molar-refractivity contribution in [2.45, 2.75) is 31.8 Å². The van der Waals surface area contributed by atoms with Crippen LogP contribution in [0.1, 0.15) is 36.0 Å². The molecule has 1 aliphatic heterocycles.